The molecule has 0 spiro atoms. The lowest BCUT2D eigenvalue weighted by molar-refractivity contribution is 0.104. The molecule has 2 nitrogen and oxygen atoms in total. The van der Waals surface area contributed by atoms with E-state index in [0.717, 1.165) is 22.4 Å². The van der Waals surface area contributed by atoms with Gasteiger partial charge >= 0.3 is 0 Å². The first-order chi connectivity index (χ1) is 8.20. The Hall–Kier alpha value is -1.39. The number of hydrogen-bond donors (Lipinski definition) is 2. The van der Waals surface area contributed by atoms with Gasteiger partial charge in [0.25, 0.3) is 0 Å². The van der Waals surface area contributed by atoms with E-state index in [-0.39, 0.29) is 5.78 Å². The van der Waals surface area contributed by atoms with Crippen molar-refractivity contribution in [3.05, 3.63) is 53.6 Å². The van der Waals surface area contributed by atoms with Crippen molar-refractivity contribution < 1.29 is 4.79 Å². The Bertz CT molecular complexity index is 623. The number of rotatable bonds is 1. The van der Waals surface area contributed by atoms with Crippen molar-refractivity contribution >= 4 is 37.1 Å². The highest BCUT2D eigenvalue weighted by Crippen LogP contribution is 2.41. The van der Waals surface area contributed by atoms with Gasteiger partial charge in [0, 0.05) is 5.56 Å². The lowest BCUT2D eigenvalue weighted by Gasteiger charge is -2.12. The van der Waals surface area contributed by atoms with Gasteiger partial charge in [-0.25, -0.2) is 0 Å². The number of fused-ring (bicyclic) bond motifs is 3. The molecular formula is C13H9NOS2. The molecule has 0 N–H and O–H groups in total. The second-order valence-corrected chi connectivity index (χ2v) is 4.98. The summed E-state index contributed by atoms with van der Waals surface area (Å²) in [4.78, 5) is 12.3. The highest BCUT2D eigenvalue weighted by Gasteiger charge is 2.29. The first-order valence-electron chi connectivity index (χ1n) is 5.15. The molecule has 0 aromatic heterocycles. The van der Waals surface area contributed by atoms with Gasteiger partial charge in [-0.2, -0.15) is 0 Å². The number of nitrogens with zero attached hydrogens (tertiary/aromatic N) is 1. The SMILES string of the molecule is O=C1c2ccccc2-c2cccc(N(S)S)c21. The normalized spacial score (nSPS) is 12.2. The van der Waals surface area contributed by atoms with E-state index in [2.05, 4.69) is 25.6 Å². The first-order valence-corrected chi connectivity index (χ1v) is 5.95. The lowest BCUT2D eigenvalue weighted by atomic mass is 10.1. The molecule has 0 amide bonds. The van der Waals surface area contributed by atoms with Crippen LogP contribution in [0.5, 0.6) is 0 Å². The predicted octanol–water partition coefficient (Wildman–Crippen LogP) is 3.39. The summed E-state index contributed by atoms with van der Waals surface area (Å²) >= 11 is 8.30. The van der Waals surface area contributed by atoms with Gasteiger partial charge in [-0.15, -0.1) is 0 Å². The van der Waals surface area contributed by atoms with Crippen molar-refractivity contribution in [1.82, 2.24) is 0 Å². The first kappa shape index (κ1) is 10.7. The minimum atomic E-state index is 0.0410. The largest absolute Gasteiger partial charge is 0.288 e. The maximum Gasteiger partial charge on any atom is 0.196 e. The number of carbonyl (C=O) groups excluding carboxylic acids is 1. The molecule has 0 saturated heterocycles. The highest BCUT2D eigenvalue weighted by atomic mass is 32.2. The summed E-state index contributed by atoms with van der Waals surface area (Å²) in [7, 11) is 0. The summed E-state index contributed by atoms with van der Waals surface area (Å²) in [5.41, 5.74) is 4.08. The van der Waals surface area contributed by atoms with Crippen LogP contribution in [0.3, 0.4) is 0 Å². The fourth-order valence-electron chi connectivity index (χ4n) is 2.22. The summed E-state index contributed by atoms with van der Waals surface area (Å²) in [5, 5.41) is 0. The van der Waals surface area contributed by atoms with Crippen molar-refractivity contribution in [3.63, 3.8) is 0 Å². The number of anilines is 1. The Morgan fingerprint density at radius 1 is 0.824 bits per heavy atom. The molecule has 0 aliphatic heterocycles. The minimum Gasteiger partial charge on any atom is -0.288 e. The summed E-state index contributed by atoms with van der Waals surface area (Å²) in [5.74, 6) is 0.0410. The number of thiol groups is 2. The summed E-state index contributed by atoms with van der Waals surface area (Å²) in [6.45, 7) is 0. The molecule has 1 aliphatic carbocycles. The molecule has 2 aromatic carbocycles. The average molecular weight is 259 g/mol. The van der Waals surface area contributed by atoms with Crippen molar-refractivity contribution in [2.24, 2.45) is 0 Å². The van der Waals surface area contributed by atoms with E-state index >= 15 is 0 Å². The Morgan fingerprint density at radius 3 is 2.18 bits per heavy atom. The van der Waals surface area contributed by atoms with Crippen LogP contribution in [0, 0.1) is 0 Å². The number of hydrogen-bond acceptors (Lipinski definition) is 4. The zero-order chi connectivity index (χ0) is 12.0. The van der Waals surface area contributed by atoms with Crippen LogP contribution in [0.25, 0.3) is 11.1 Å². The summed E-state index contributed by atoms with van der Waals surface area (Å²) < 4.78 is 1.38. The summed E-state index contributed by atoms with van der Waals surface area (Å²) in [6.07, 6.45) is 0. The lowest BCUT2D eigenvalue weighted by Crippen LogP contribution is -2.02. The Morgan fingerprint density at radius 2 is 1.47 bits per heavy atom. The molecule has 0 radical (unpaired) electrons. The van der Waals surface area contributed by atoms with Crippen LogP contribution in [0.15, 0.2) is 42.5 Å². The van der Waals surface area contributed by atoms with Gasteiger partial charge in [-0.05, 0) is 17.2 Å². The fraction of sp³-hybridized carbons (Fsp3) is 0. The molecular weight excluding hydrogens is 250 g/mol. The Kier molecular flexibility index (Phi) is 2.42. The average Bonchev–Trinajstić information content (AvgIpc) is 2.64. The van der Waals surface area contributed by atoms with Crippen LogP contribution in [0.4, 0.5) is 5.69 Å². The van der Waals surface area contributed by atoms with Gasteiger partial charge in [0.05, 0.1) is 11.3 Å². The number of carbonyl (C=O) groups is 1. The van der Waals surface area contributed by atoms with Gasteiger partial charge in [-0.3, -0.25) is 8.51 Å². The van der Waals surface area contributed by atoms with Crippen LogP contribution in [-0.4, -0.2) is 5.78 Å². The van der Waals surface area contributed by atoms with Crippen molar-refractivity contribution in [3.8, 4) is 11.1 Å². The topological polar surface area (TPSA) is 20.3 Å². The van der Waals surface area contributed by atoms with Crippen molar-refractivity contribution in [2.45, 2.75) is 0 Å². The van der Waals surface area contributed by atoms with E-state index in [9.17, 15) is 4.79 Å². The van der Waals surface area contributed by atoms with E-state index in [1.165, 1.54) is 3.71 Å². The summed E-state index contributed by atoms with van der Waals surface area (Å²) in [6, 6.07) is 13.3. The number of ketones is 1. The van der Waals surface area contributed by atoms with Gasteiger partial charge < -0.3 is 0 Å². The van der Waals surface area contributed by atoms with Crippen LogP contribution in [0.2, 0.25) is 0 Å². The molecule has 0 bridgehead atoms. The van der Waals surface area contributed by atoms with Gasteiger partial charge in [0.15, 0.2) is 5.78 Å². The molecule has 0 atom stereocenters. The molecule has 17 heavy (non-hydrogen) atoms. The molecule has 0 heterocycles. The smallest absolute Gasteiger partial charge is 0.196 e. The Labute approximate surface area is 110 Å². The van der Waals surface area contributed by atoms with Gasteiger partial charge in [0.1, 0.15) is 0 Å². The second-order valence-electron chi connectivity index (χ2n) is 3.86. The van der Waals surface area contributed by atoms with Crippen molar-refractivity contribution in [2.75, 3.05) is 3.71 Å². The van der Waals surface area contributed by atoms with Crippen LogP contribution in [0.1, 0.15) is 15.9 Å². The molecule has 0 unspecified atom stereocenters. The van der Waals surface area contributed by atoms with Crippen LogP contribution < -0.4 is 3.71 Å². The van der Waals surface area contributed by atoms with Gasteiger partial charge in [-0.1, -0.05) is 62.0 Å². The molecule has 84 valence electrons. The molecule has 2 aromatic rings. The minimum absolute atomic E-state index is 0.0410. The Balaban J connectivity index is 2.34. The van der Waals surface area contributed by atoms with Crippen molar-refractivity contribution in [1.29, 1.82) is 0 Å². The third kappa shape index (κ3) is 1.48. The molecule has 3 rings (SSSR count). The molecule has 1 aliphatic rings. The quantitative estimate of drug-likeness (QED) is 0.653. The molecule has 4 heteroatoms. The van der Waals surface area contributed by atoms with E-state index in [0.29, 0.717) is 5.56 Å². The third-order valence-electron chi connectivity index (χ3n) is 2.95. The zero-order valence-corrected chi connectivity index (χ0v) is 10.6. The van der Waals surface area contributed by atoms with Gasteiger partial charge in [0.2, 0.25) is 0 Å². The second kappa shape index (κ2) is 3.82. The maximum absolute atomic E-state index is 12.3. The number of benzene rings is 2. The third-order valence-corrected chi connectivity index (χ3v) is 3.38. The van der Waals surface area contributed by atoms with E-state index < -0.39 is 0 Å². The zero-order valence-electron chi connectivity index (χ0n) is 8.79. The monoisotopic (exact) mass is 259 g/mol. The van der Waals surface area contributed by atoms with E-state index in [4.69, 9.17) is 0 Å². The highest BCUT2D eigenvalue weighted by molar-refractivity contribution is 8.00. The molecule has 0 saturated carbocycles. The predicted molar refractivity (Wildman–Crippen MR) is 75.8 cm³/mol. The van der Waals surface area contributed by atoms with E-state index in [1.54, 1.807) is 0 Å². The standard InChI is InChI=1S/C13H9NOS2/c15-13-10-5-2-1-4-8(10)9-6-3-7-11(12(9)13)14(16)17/h1-7,16-17H. The molecule has 0 fully saturated rings. The maximum atomic E-state index is 12.3. The fourth-order valence-corrected chi connectivity index (χ4v) is 2.55. The van der Waals surface area contributed by atoms with Crippen LogP contribution in [-0.2, 0) is 0 Å². The van der Waals surface area contributed by atoms with Crippen LogP contribution >= 0.6 is 25.6 Å². The van der Waals surface area contributed by atoms with E-state index in [1.807, 2.05) is 42.5 Å².